The van der Waals surface area contributed by atoms with E-state index < -0.39 is 17.6 Å². The molecule has 2 aromatic rings. The lowest BCUT2D eigenvalue weighted by molar-refractivity contribution is -0.137. The fourth-order valence-electron chi connectivity index (χ4n) is 3.14. The van der Waals surface area contributed by atoms with Crippen molar-refractivity contribution in [1.82, 2.24) is 0 Å². The molecule has 0 aliphatic heterocycles. The summed E-state index contributed by atoms with van der Waals surface area (Å²) in [6, 6.07) is 7.86. The van der Waals surface area contributed by atoms with Gasteiger partial charge in [-0.1, -0.05) is 44.7 Å². The molecule has 2 rings (SSSR count). The number of amides is 1. The van der Waals surface area contributed by atoms with Crippen LogP contribution in [-0.4, -0.2) is 12.5 Å². The van der Waals surface area contributed by atoms with Crippen molar-refractivity contribution in [2.24, 2.45) is 0 Å². The quantitative estimate of drug-likeness (QED) is 0.216. The minimum absolute atomic E-state index is 0.154. The first-order chi connectivity index (χ1) is 14.7. The first kappa shape index (κ1) is 24.5. The van der Waals surface area contributed by atoms with Crippen LogP contribution >= 0.6 is 0 Å². The van der Waals surface area contributed by atoms with Crippen LogP contribution in [0.1, 0.15) is 56.6 Å². The van der Waals surface area contributed by atoms with Gasteiger partial charge >= 0.3 is 6.18 Å². The van der Waals surface area contributed by atoms with Gasteiger partial charge in [-0.25, -0.2) is 4.39 Å². The van der Waals surface area contributed by atoms with Gasteiger partial charge in [-0.2, -0.15) is 13.2 Å². The Morgan fingerprint density at radius 2 is 1.61 bits per heavy atom. The molecule has 0 heterocycles. The van der Waals surface area contributed by atoms with Gasteiger partial charge in [-0.05, 0) is 42.7 Å². The maximum absolute atomic E-state index is 14.6. The number of carbonyl (C=O) groups is 1. The molecular weight excluding hydrogens is 410 g/mol. The molecule has 170 valence electrons. The van der Waals surface area contributed by atoms with Crippen LogP contribution in [0.15, 0.2) is 36.4 Å². The number of carbonyl (C=O) groups excluding carboxylic acids is 1. The third-order valence-corrected chi connectivity index (χ3v) is 4.97. The molecule has 0 aliphatic carbocycles. The van der Waals surface area contributed by atoms with Gasteiger partial charge in [0.05, 0.1) is 22.6 Å². The van der Waals surface area contributed by atoms with Gasteiger partial charge in [0.2, 0.25) is 5.91 Å². The first-order valence-electron chi connectivity index (χ1n) is 10.5. The van der Waals surface area contributed by atoms with Crippen molar-refractivity contribution in [3.63, 3.8) is 0 Å². The topological polar surface area (TPSA) is 67.2 Å². The zero-order valence-corrected chi connectivity index (χ0v) is 17.6. The predicted octanol–water partition coefficient (Wildman–Crippen LogP) is 6.38. The van der Waals surface area contributed by atoms with Crippen molar-refractivity contribution in [3.05, 3.63) is 53.3 Å². The van der Waals surface area contributed by atoms with Crippen molar-refractivity contribution in [2.45, 2.75) is 58.0 Å². The van der Waals surface area contributed by atoms with Crippen LogP contribution < -0.4 is 16.4 Å². The second kappa shape index (κ2) is 11.6. The summed E-state index contributed by atoms with van der Waals surface area (Å²) in [5.41, 5.74) is 6.06. The molecule has 0 radical (unpaired) electrons. The van der Waals surface area contributed by atoms with Crippen LogP contribution in [0.5, 0.6) is 0 Å². The molecule has 31 heavy (non-hydrogen) atoms. The summed E-state index contributed by atoms with van der Waals surface area (Å²) < 4.78 is 52.4. The minimum atomic E-state index is -4.37. The number of unbranched alkanes of at least 4 members (excludes halogenated alkanes) is 4. The highest BCUT2D eigenvalue weighted by molar-refractivity contribution is 5.94. The van der Waals surface area contributed by atoms with Crippen LogP contribution in [0.25, 0.3) is 0 Å². The van der Waals surface area contributed by atoms with Crippen molar-refractivity contribution >= 4 is 23.0 Å². The van der Waals surface area contributed by atoms with Crippen molar-refractivity contribution in [1.29, 1.82) is 0 Å². The average molecular weight is 439 g/mol. The van der Waals surface area contributed by atoms with E-state index in [1.54, 1.807) is 0 Å². The molecule has 0 saturated carbocycles. The highest BCUT2D eigenvalue weighted by Gasteiger charge is 2.29. The number of halogens is 4. The highest BCUT2D eigenvalue weighted by Crippen LogP contribution is 2.30. The number of nitrogens with one attached hydrogen (secondary N) is 2. The van der Waals surface area contributed by atoms with Gasteiger partial charge in [0, 0.05) is 13.0 Å². The molecule has 0 spiro atoms. The molecule has 1 amide bonds. The first-order valence-corrected chi connectivity index (χ1v) is 10.5. The molecule has 0 unspecified atom stereocenters. The zero-order valence-electron chi connectivity index (χ0n) is 17.6. The number of hydrogen-bond acceptors (Lipinski definition) is 3. The molecule has 4 N–H and O–H groups in total. The van der Waals surface area contributed by atoms with Crippen molar-refractivity contribution in [2.75, 3.05) is 22.9 Å². The number of alkyl halides is 3. The molecule has 0 aliphatic rings. The molecule has 8 heteroatoms. The largest absolute Gasteiger partial charge is 0.416 e. The van der Waals surface area contributed by atoms with E-state index in [1.807, 2.05) is 0 Å². The Hall–Kier alpha value is -2.77. The fourth-order valence-corrected chi connectivity index (χ4v) is 3.14. The van der Waals surface area contributed by atoms with E-state index in [0.29, 0.717) is 24.9 Å². The van der Waals surface area contributed by atoms with Gasteiger partial charge in [0.15, 0.2) is 5.82 Å². The lowest BCUT2D eigenvalue weighted by Crippen LogP contribution is -2.14. The fraction of sp³-hybridized carbons (Fsp3) is 0.435. The molecule has 2 aromatic carbocycles. The van der Waals surface area contributed by atoms with E-state index >= 15 is 0 Å². The molecule has 0 bridgehead atoms. The standard InChI is InChI=1S/C23H29F4N3O/c1-2-3-4-5-6-7-20(31)30-19-13-12-18(21(24)22(19)28)29-15-14-16-8-10-17(11-9-16)23(25,26)27/h8-13,29H,2-7,14-15,28H2,1H3,(H,30,31). The van der Waals surface area contributed by atoms with E-state index in [1.165, 1.54) is 24.3 Å². The number of rotatable bonds is 11. The van der Waals surface area contributed by atoms with Crippen LogP contribution in [0.3, 0.4) is 0 Å². The van der Waals surface area contributed by atoms with E-state index in [4.69, 9.17) is 5.73 Å². The van der Waals surface area contributed by atoms with Gasteiger partial charge in [0.1, 0.15) is 0 Å². The third-order valence-electron chi connectivity index (χ3n) is 4.97. The molecule has 0 fully saturated rings. The SMILES string of the molecule is CCCCCCCC(=O)Nc1ccc(NCCc2ccc(C(F)(F)F)cc2)c(F)c1N. The Kier molecular flexibility index (Phi) is 9.15. The number of hydrogen-bond donors (Lipinski definition) is 3. The van der Waals surface area contributed by atoms with Crippen LogP contribution in [-0.2, 0) is 17.4 Å². The molecule has 4 nitrogen and oxygen atoms in total. The summed E-state index contributed by atoms with van der Waals surface area (Å²) >= 11 is 0. The monoisotopic (exact) mass is 439 g/mol. The molecule has 0 saturated heterocycles. The van der Waals surface area contributed by atoms with E-state index in [0.717, 1.165) is 44.2 Å². The lowest BCUT2D eigenvalue weighted by atomic mass is 10.1. The Morgan fingerprint density at radius 1 is 0.968 bits per heavy atom. The predicted molar refractivity (Wildman–Crippen MR) is 116 cm³/mol. The molecule has 0 aromatic heterocycles. The normalized spacial score (nSPS) is 11.4. The zero-order chi connectivity index (χ0) is 22.9. The highest BCUT2D eigenvalue weighted by atomic mass is 19.4. The minimum Gasteiger partial charge on any atom is -0.395 e. The summed E-state index contributed by atoms with van der Waals surface area (Å²) in [4.78, 5) is 12.0. The lowest BCUT2D eigenvalue weighted by Gasteiger charge is -2.13. The van der Waals surface area contributed by atoms with Crippen molar-refractivity contribution < 1.29 is 22.4 Å². The number of benzene rings is 2. The maximum Gasteiger partial charge on any atom is 0.416 e. The van der Waals surface area contributed by atoms with Crippen LogP contribution in [0, 0.1) is 5.82 Å². The van der Waals surface area contributed by atoms with Gasteiger partial charge in [0.25, 0.3) is 0 Å². The summed E-state index contributed by atoms with van der Waals surface area (Å²) in [5.74, 6) is -0.876. The van der Waals surface area contributed by atoms with Gasteiger partial charge < -0.3 is 16.4 Å². The third kappa shape index (κ3) is 7.77. The second-order valence-electron chi connectivity index (χ2n) is 7.47. The summed E-state index contributed by atoms with van der Waals surface area (Å²) in [7, 11) is 0. The second-order valence-corrected chi connectivity index (χ2v) is 7.47. The number of nitrogen functional groups attached to an aromatic ring is 1. The van der Waals surface area contributed by atoms with Crippen molar-refractivity contribution in [3.8, 4) is 0 Å². The number of nitrogens with two attached hydrogens (primary N) is 1. The maximum atomic E-state index is 14.6. The van der Waals surface area contributed by atoms with E-state index in [2.05, 4.69) is 17.6 Å². The average Bonchev–Trinajstić information content (AvgIpc) is 2.72. The summed E-state index contributed by atoms with van der Waals surface area (Å²) in [5, 5.41) is 5.54. The van der Waals surface area contributed by atoms with Crippen LogP contribution in [0.2, 0.25) is 0 Å². The van der Waals surface area contributed by atoms with Crippen LogP contribution in [0.4, 0.5) is 34.6 Å². The summed E-state index contributed by atoms with van der Waals surface area (Å²) in [6.45, 7) is 2.43. The Morgan fingerprint density at radius 3 is 2.26 bits per heavy atom. The Labute approximate surface area is 180 Å². The van der Waals surface area contributed by atoms with E-state index in [-0.39, 0.29) is 23.0 Å². The summed E-state index contributed by atoms with van der Waals surface area (Å²) in [6.07, 6.45) is 1.52. The Bertz CT molecular complexity index is 851. The molecular formula is C23H29F4N3O. The Balaban J connectivity index is 1.85. The number of anilines is 3. The van der Waals surface area contributed by atoms with E-state index in [9.17, 15) is 22.4 Å². The van der Waals surface area contributed by atoms with Gasteiger partial charge in [-0.3, -0.25) is 4.79 Å². The smallest absolute Gasteiger partial charge is 0.395 e. The molecule has 0 atom stereocenters. The van der Waals surface area contributed by atoms with Gasteiger partial charge in [-0.15, -0.1) is 0 Å².